The van der Waals surface area contributed by atoms with Gasteiger partial charge in [0.15, 0.2) is 0 Å². The molecular weight excluding hydrogens is 520 g/mol. The zero-order valence-electron chi connectivity index (χ0n) is 22.3. The molecule has 0 unspecified atom stereocenters. The number of amides is 1. The number of hydrogen-bond acceptors (Lipinski definition) is 6. The van der Waals surface area contributed by atoms with Crippen molar-refractivity contribution >= 4 is 33.4 Å². The minimum absolute atomic E-state index is 0.110. The Morgan fingerprint density at radius 1 is 1.00 bits per heavy atom. The number of thioether (sulfide) groups is 1. The van der Waals surface area contributed by atoms with Crippen molar-refractivity contribution in [1.82, 2.24) is 5.32 Å². The highest BCUT2D eigenvalue weighted by molar-refractivity contribution is 7.98. The number of nitrogens with zero attached hydrogens (tertiary/aromatic N) is 1. The molecule has 0 fully saturated rings. The smallest absolute Gasteiger partial charge is 0.264 e. The molecule has 7 nitrogen and oxygen atoms in total. The largest absolute Gasteiger partial charge is 0.492 e. The van der Waals surface area contributed by atoms with Crippen molar-refractivity contribution in [2.24, 2.45) is 0 Å². The number of benzene rings is 3. The molecule has 0 aliphatic heterocycles. The fraction of sp³-hybridized carbons (Fsp3) is 0.345. The first kappa shape index (κ1) is 29.4. The molecule has 0 bridgehead atoms. The first-order chi connectivity index (χ1) is 18.2. The molecule has 0 saturated carbocycles. The molecular formula is C29H36N2O5S2. The van der Waals surface area contributed by atoms with Gasteiger partial charge < -0.3 is 14.8 Å². The first-order valence-electron chi connectivity index (χ1n) is 12.7. The molecule has 0 saturated heterocycles. The minimum atomic E-state index is -4.03. The Morgan fingerprint density at radius 3 is 2.32 bits per heavy atom. The van der Waals surface area contributed by atoms with Crippen LogP contribution in [0.15, 0.2) is 82.6 Å². The molecule has 0 spiro atoms. The zero-order chi connectivity index (χ0) is 27.5. The second-order valence-corrected chi connectivity index (χ2v) is 11.6. The van der Waals surface area contributed by atoms with Crippen LogP contribution in [0.3, 0.4) is 0 Å². The summed E-state index contributed by atoms with van der Waals surface area (Å²) >= 11 is 1.53. The van der Waals surface area contributed by atoms with E-state index in [9.17, 15) is 13.2 Å². The lowest BCUT2D eigenvalue weighted by Gasteiger charge is -2.26. The van der Waals surface area contributed by atoms with Crippen LogP contribution in [0.25, 0.3) is 0 Å². The maximum atomic E-state index is 13.7. The van der Waals surface area contributed by atoms with Crippen molar-refractivity contribution in [1.29, 1.82) is 0 Å². The van der Waals surface area contributed by atoms with Crippen molar-refractivity contribution in [2.75, 3.05) is 30.3 Å². The topological polar surface area (TPSA) is 84.9 Å². The van der Waals surface area contributed by atoms with E-state index in [0.717, 1.165) is 26.9 Å². The number of nitrogens with one attached hydrogen (secondary N) is 1. The number of hydrogen-bond donors (Lipinski definition) is 1. The Balaban J connectivity index is 1.70. The molecule has 1 amide bonds. The van der Waals surface area contributed by atoms with E-state index in [0.29, 0.717) is 31.0 Å². The van der Waals surface area contributed by atoms with E-state index in [4.69, 9.17) is 9.47 Å². The maximum Gasteiger partial charge on any atom is 0.264 e. The van der Waals surface area contributed by atoms with Crippen LogP contribution in [-0.4, -0.2) is 46.4 Å². The summed E-state index contributed by atoms with van der Waals surface area (Å²) in [6, 6.07) is 21.4. The molecule has 0 radical (unpaired) electrons. The van der Waals surface area contributed by atoms with Gasteiger partial charge in [0.05, 0.1) is 23.3 Å². The summed E-state index contributed by atoms with van der Waals surface area (Å²) in [6.45, 7) is 6.22. The normalized spacial score (nSPS) is 11.3. The van der Waals surface area contributed by atoms with Gasteiger partial charge in [-0.15, -0.1) is 11.8 Å². The molecule has 3 aromatic rings. The van der Waals surface area contributed by atoms with Crippen molar-refractivity contribution in [2.45, 2.75) is 49.5 Å². The second-order valence-electron chi connectivity index (χ2n) is 8.85. The van der Waals surface area contributed by atoms with Crippen LogP contribution in [0, 0.1) is 0 Å². The number of rotatable bonds is 14. The van der Waals surface area contributed by atoms with Crippen molar-refractivity contribution in [3.8, 4) is 11.5 Å². The van der Waals surface area contributed by atoms with Crippen LogP contribution in [0.5, 0.6) is 11.5 Å². The number of carbonyl (C=O) groups is 1. The average Bonchev–Trinajstić information content (AvgIpc) is 2.91. The van der Waals surface area contributed by atoms with Crippen molar-refractivity contribution < 1.29 is 22.7 Å². The molecule has 0 aliphatic rings. The van der Waals surface area contributed by atoms with Crippen LogP contribution in [-0.2, 0) is 21.2 Å². The molecule has 0 atom stereocenters. The molecule has 0 aromatic heterocycles. The van der Waals surface area contributed by atoms with E-state index < -0.39 is 10.0 Å². The standard InChI is InChI=1S/C29H36N2O5S2/c1-5-35-28-11-7-6-10-27(28)31(38(33,34)26-18-16-25(37-4)17-19-26)21-29(32)30-20-8-9-23-12-14-24(15-13-23)36-22(2)3/h6-7,10-19,22H,5,8-9,20-21H2,1-4H3,(H,30,32). The van der Waals surface area contributed by atoms with Crippen LogP contribution in [0.4, 0.5) is 5.69 Å². The summed E-state index contributed by atoms with van der Waals surface area (Å²) in [5, 5.41) is 2.87. The fourth-order valence-corrected chi connectivity index (χ4v) is 5.67. The fourth-order valence-electron chi connectivity index (χ4n) is 3.83. The molecule has 3 aromatic carbocycles. The third-order valence-electron chi connectivity index (χ3n) is 5.63. The van der Waals surface area contributed by atoms with Gasteiger partial charge >= 0.3 is 0 Å². The van der Waals surface area contributed by atoms with Gasteiger partial charge in [-0.3, -0.25) is 9.10 Å². The van der Waals surface area contributed by atoms with Crippen LogP contribution in [0.2, 0.25) is 0 Å². The molecule has 0 heterocycles. The third kappa shape index (κ3) is 8.16. The van der Waals surface area contributed by atoms with E-state index in [1.54, 1.807) is 48.5 Å². The third-order valence-corrected chi connectivity index (χ3v) is 8.15. The van der Waals surface area contributed by atoms with Gasteiger partial charge in [-0.05, 0) is 94.0 Å². The molecule has 9 heteroatoms. The SMILES string of the molecule is CCOc1ccccc1N(CC(=O)NCCCc1ccc(OC(C)C)cc1)S(=O)(=O)c1ccc(SC)cc1. The summed E-state index contributed by atoms with van der Waals surface area (Å²) in [5.74, 6) is 0.840. The Kier molecular flexibility index (Phi) is 10.9. The molecule has 204 valence electrons. The van der Waals surface area contributed by atoms with E-state index in [1.165, 1.54) is 11.8 Å². The van der Waals surface area contributed by atoms with Gasteiger partial charge in [-0.2, -0.15) is 0 Å². The summed E-state index contributed by atoms with van der Waals surface area (Å²) < 4.78 is 39.9. The highest BCUT2D eigenvalue weighted by Crippen LogP contribution is 2.33. The summed E-state index contributed by atoms with van der Waals surface area (Å²) in [7, 11) is -4.03. The Hall–Kier alpha value is -3.17. The molecule has 1 N–H and O–H groups in total. The van der Waals surface area contributed by atoms with Gasteiger partial charge in [0.2, 0.25) is 5.91 Å². The summed E-state index contributed by atoms with van der Waals surface area (Å²) in [4.78, 5) is 14.0. The van der Waals surface area contributed by atoms with Crippen molar-refractivity contribution in [3.63, 3.8) is 0 Å². The lowest BCUT2D eigenvalue weighted by molar-refractivity contribution is -0.119. The minimum Gasteiger partial charge on any atom is -0.492 e. The molecule has 38 heavy (non-hydrogen) atoms. The number of aryl methyl sites for hydroxylation is 1. The summed E-state index contributed by atoms with van der Waals surface area (Å²) in [5.41, 5.74) is 1.46. The van der Waals surface area contributed by atoms with Gasteiger partial charge in [-0.25, -0.2) is 8.42 Å². The predicted molar refractivity (Wildman–Crippen MR) is 154 cm³/mol. The van der Waals surface area contributed by atoms with E-state index in [1.807, 2.05) is 51.3 Å². The average molecular weight is 557 g/mol. The highest BCUT2D eigenvalue weighted by atomic mass is 32.2. The Labute approximate surface area is 230 Å². The Morgan fingerprint density at radius 2 is 1.68 bits per heavy atom. The lowest BCUT2D eigenvalue weighted by atomic mass is 10.1. The zero-order valence-corrected chi connectivity index (χ0v) is 24.0. The van der Waals surface area contributed by atoms with E-state index in [2.05, 4.69) is 5.32 Å². The quantitative estimate of drug-likeness (QED) is 0.207. The van der Waals surface area contributed by atoms with Crippen LogP contribution < -0.4 is 19.1 Å². The predicted octanol–water partition coefficient (Wildman–Crippen LogP) is 5.54. The number of sulfonamides is 1. The van der Waals surface area contributed by atoms with Gasteiger partial charge in [0.25, 0.3) is 10.0 Å². The first-order valence-corrected chi connectivity index (χ1v) is 15.3. The van der Waals surface area contributed by atoms with Crippen LogP contribution >= 0.6 is 11.8 Å². The molecule has 3 rings (SSSR count). The van der Waals surface area contributed by atoms with Crippen molar-refractivity contribution in [3.05, 3.63) is 78.4 Å². The number of ether oxygens (including phenoxy) is 2. The van der Waals surface area contributed by atoms with Gasteiger partial charge in [0.1, 0.15) is 18.0 Å². The summed E-state index contributed by atoms with van der Waals surface area (Å²) in [6.07, 6.45) is 3.54. The lowest BCUT2D eigenvalue weighted by Crippen LogP contribution is -2.41. The van der Waals surface area contributed by atoms with E-state index in [-0.39, 0.29) is 23.5 Å². The van der Waals surface area contributed by atoms with Gasteiger partial charge in [-0.1, -0.05) is 24.3 Å². The Bertz CT molecular complexity index is 1280. The number of carbonyl (C=O) groups excluding carboxylic acids is 1. The highest BCUT2D eigenvalue weighted by Gasteiger charge is 2.29. The van der Waals surface area contributed by atoms with Gasteiger partial charge in [0, 0.05) is 11.4 Å². The second kappa shape index (κ2) is 14.1. The molecule has 0 aliphatic carbocycles. The number of anilines is 1. The monoisotopic (exact) mass is 556 g/mol. The maximum absolute atomic E-state index is 13.7. The van der Waals surface area contributed by atoms with Crippen LogP contribution in [0.1, 0.15) is 32.8 Å². The van der Waals surface area contributed by atoms with E-state index >= 15 is 0 Å². The number of para-hydroxylation sites is 2.